The Labute approximate surface area is 386 Å². The molecule has 2 saturated heterocycles. The van der Waals surface area contributed by atoms with E-state index in [1.807, 2.05) is 68.4 Å². The first-order valence-electron chi connectivity index (χ1n) is 23.5. The molecule has 6 atom stereocenters. The molecule has 356 valence electrons. The number of hydrogen-bond donors (Lipinski definition) is 9. The Balaban J connectivity index is 1.35. The Morgan fingerprint density at radius 3 is 2.26 bits per heavy atom. The number of para-hydroxylation sites is 1. The minimum Gasteiger partial charge on any atom is -0.370 e. The van der Waals surface area contributed by atoms with Crippen molar-refractivity contribution in [2.45, 2.75) is 134 Å². The van der Waals surface area contributed by atoms with Gasteiger partial charge < -0.3 is 53.3 Å². The van der Waals surface area contributed by atoms with Gasteiger partial charge in [-0.25, -0.2) is 0 Å². The molecule has 2 unspecified atom stereocenters. The van der Waals surface area contributed by atoms with Gasteiger partial charge in [0.25, 0.3) is 0 Å². The van der Waals surface area contributed by atoms with E-state index in [-0.39, 0.29) is 68.9 Å². The van der Waals surface area contributed by atoms with Crippen molar-refractivity contribution in [2.24, 2.45) is 28.3 Å². The number of H-pyrrole nitrogens is 1. The van der Waals surface area contributed by atoms with Gasteiger partial charge in [-0.15, -0.1) is 0 Å². The first-order valence-corrected chi connectivity index (χ1v) is 23.5. The van der Waals surface area contributed by atoms with Gasteiger partial charge in [0.05, 0.1) is 0 Å². The SMILES string of the molecule is CC(C)CC(=O)N[C@@H](Cc1ccccc1)C(=O)NC1CNC(=O)[C@H](CCCN=C(N)N)NC(=O)[C@H](Cc2c[nH]c3ccccc23)NC(=O)[C@@H](CC2CCCCC2)NC(=O)C2CCCN2C1=O. The quantitative estimate of drug-likeness (QED) is 0.0608. The third kappa shape index (κ3) is 13.8. The van der Waals surface area contributed by atoms with E-state index < -0.39 is 78.2 Å². The Morgan fingerprint density at radius 1 is 0.818 bits per heavy atom. The van der Waals surface area contributed by atoms with Gasteiger partial charge in [0.1, 0.15) is 36.3 Å². The number of aromatic nitrogens is 1. The van der Waals surface area contributed by atoms with Gasteiger partial charge in [-0.3, -0.25) is 38.6 Å². The van der Waals surface area contributed by atoms with Gasteiger partial charge in [0.2, 0.25) is 41.4 Å². The normalized spacial score (nSPS) is 23.0. The number of nitrogens with zero attached hydrogens (tertiary/aromatic N) is 2. The van der Waals surface area contributed by atoms with Crippen LogP contribution in [0.3, 0.4) is 0 Å². The van der Waals surface area contributed by atoms with Crippen LogP contribution in [0.2, 0.25) is 0 Å². The number of amides is 7. The molecule has 11 N–H and O–H groups in total. The number of aromatic amines is 1. The first kappa shape index (κ1) is 49.0. The van der Waals surface area contributed by atoms with Crippen molar-refractivity contribution in [3.05, 3.63) is 71.9 Å². The zero-order chi connectivity index (χ0) is 47.2. The van der Waals surface area contributed by atoms with Gasteiger partial charge in [0, 0.05) is 56.0 Å². The second kappa shape index (κ2) is 23.6. The van der Waals surface area contributed by atoms with Crippen LogP contribution in [0.25, 0.3) is 10.9 Å². The second-order valence-corrected chi connectivity index (χ2v) is 18.3. The zero-order valence-electron chi connectivity index (χ0n) is 38.1. The van der Waals surface area contributed by atoms with E-state index in [4.69, 9.17) is 11.5 Å². The molecule has 1 aromatic heterocycles. The van der Waals surface area contributed by atoms with Crippen molar-refractivity contribution in [1.82, 2.24) is 41.8 Å². The molecule has 2 aliphatic heterocycles. The van der Waals surface area contributed by atoms with Crippen LogP contribution in [0.5, 0.6) is 0 Å². The third-order valence-electron chi connectivity index (χ3n) is 12.7. The molecule has 3 aromatic rings. The number of benzene rings is 2. The van der Waals surface area contributed by atoms with Crippen LogP contribution < -0.4 is 43.4 Å². The molecule has 18 heteroatoms. The minimum atomic E-state index is -1.39. The minimum absolute atomic E-state index is 0.0126. The molecular formula is C48H67N11O7. The van der Waals surface area contributed by atoms with Gasteiger partial charge >= 0.3 is 0 Å². The van der Waals surface area contributed by atoms with Crippen LogP contribution >= 0.6 is 0 Å². The summed E-state index contributed by atoms with van der Waals surface area (Å²) in [6.07, 6.45) is 8.42. The molecule has 2 aromatic carbocycles. The van der Waals surface area contributed by atoms with E-state index in [9.17, 15) is 33.6 Å². The van der Waals surface area contributed by atoms with Gasteiger partial charge in [-0.05, 0) is 61.1 Å². The molecule has 3 heterocycles. The van der Waals surface area contributed by atoms with Crippen LogP contribution in [0.4, 0.5) is 0 Å². The summed E-state index contributed by atoms with van der Waals surface area (Å²) >= 11 is 0. The van der Waals surface area contributed by atoms with Gasteiger partial charge in [-0.2, -0.15) is 0 Å². The number of hydrogen-bond acceptors (Lipinski definition) is 8. The van der Waals surface area contributed by atoms with Crippen LogP contribution in [0, 0.1) is 11.8 Å². The number of fused-ring (bicyclic) bond motifs is 2. The predicted octanol–water partition coefficient (Wildman–Crippen LogP) is 1.57. The van der Waals surface area contributed by atoms with Crippen LogP contribution in [0.15, 0.2) is 65.8 Å². The molecule has 3 fully saturated rings. The molecule has 6 rings (SSSR count). The fraction of sp³-hybridized carbons (Fsp3) is 0.542. The van der Waals surface area contributed by atoms with Gasteiger partial charge in [-0.1, -0.05) is 94.5 Å². The van der Waals surface area contributed by atoms with Crippen LogP contribution in [-0.4, -0.2) is 113 Å². The fourth-order valence-corrected chi connectivity index (χ4v) is 9.29. The number of carbonyl (C=O) groups excluding carboxylic acids is 7. The van der Waals surface area contributed by atoms with Crippen molar-refractivity contribution < 1.29 is 33.6 Å². The van der Waals surface area contributed by atoms with Crippen LogP contribution in [-0.2, 0) is 46.4 Å². The maximum atomic E-state index is 14.7. The van der Waals surface area contributed by atoms with Crippen molar-refractivity contribution >= 4 is 58.2 Å². The lowest BCUT2D eigenvalue weighted by molar-refractivity contribution is -0.143. The first-order chi connectivity index (χ1) is 31.7. The van der Waals surface area contributed by atoms with E-state index in [0.717, 1.165) is 54.1 Å². The summed E-state index contributed by atoms with van der Waals surface area (Å²) in [6.45, 7) is 3.70. The zero-order valence-corrected chi connectivity index (χ0v) is 38.1. The molecular weight excluding hydrogens is 843 g/mol. The maximum absolute atomic E-state index is 14.7. The number of nitrogens with one attached hydrogen (secondary N) is 7. The van der Waals surface area contributed by atoms with Crippen molar-refractivity contribution in [2.75, 3.05) is 19.6 Å². The second-order valence-electron chi connectivity index (χ2n) is 18.3. The van der Waals surface area contributed by atoms with E-state index in [1.54, 1.807) is 6.20 Å². The molecule has 0 radical (unpaired) electrons. The van der Waals surface area contributed by atoms with E-state index in [2.05, 4.69) is 41.9 Å². The number of rotatable bonds is 15. The topological polar surface area (TPSA) is 275 Å². The average Bonchev–Trinajstić information content (AvgIpc) is 3.96. The lowest BCUT2D eigenvalue weighted by Crippen LogP contribution is -2.62. The molecule has 7 amide bonds. The Morgan fingerprint density at radius 2 is 1.52 bits per heavy atom. The highest BCUT2D eigenvalue weighted by Crippen LogP contribution is 2.28. The summed E-state index contributed by atoms with van der Waals surface area (Å²) in [5.41, 5.74) is 13.5. The molecule has 66 heavy (non-hydrogen) atoms. The summed E-state index contributed by atoms with van der Waals surface area (Å²) < 4.78 is 0. The van der Waals surface area contributed by atoms with E-state index >= 15 is 0 Å². The maximum Gasteiger partial charge on any atom is 0.247 e. The smallest absolute Gasteiger partial charge is 0.247 e. The van der Waals surface area contributed by atoms with E-state index in [1.165, 1.54) is 4.90 Å². The molecule has 18 nitrogen and oxygen atoms in total. The lowest BCUT2D eigenvalue weighted by atomic mass is 9.84. The highest BCUT2D eigenvalue weighted by atomic mass is 16.2. The predicted molar refractivity (Wildman–Crippen MR) is 250 cm³/mol. The molecule has 0 spiro atoms. The molecule has 3 aliphatic rings. The Hall–Kier alpha value is -6.46. The van der Waals surface area contributed by atoms with Crippen molar-refractivity contribution in [1.29, 1.82) is 0 Å². The summed E-state index contributed by atoms with van der Waals surface area (Å²) in [6, 6.07) is 9.85. The summed E-state index contributed by atoms with van der Waals surface area (Å²) in [4.78, 5) is 109. The molecule has 1 saturated carbocycles. The van der Waals surface area contributed by atoms with Crippen LogP contribution in [0.1, 0.15) is 95.6 Å². The van der Waals surface area contributed by atoms with E-state index in [0.29, 0.717) is 19.3 Å². The highest BCUT2D eigenvalue weighted by Gasteiger charge is 2.41. The Bertz CT molecular complexity index is 2200. The summed E-state index contributed by atoms with van der Waals surface area (Å²) in [7, 11) is 0. The third-order valence-corrected chi connectivity index (χ3v) is 12.7. The summed E-state index contributed by atoms with van der Waals surface area (Å²) in [5, 5.41) is 18.1. The molecule has 0 bridgehead atoms. The largest absolute Gasteiger partial charge is 0.370 e. The standard InChI is InChI=1S/C48H67N11O7/c1-29(2)23-41(60)54-36(24-30-13-5-3-6-14-30)43(62)58-39-28-53-42(61)35(19-11-21-51-48(49)50)55-45(64)38(26-32-27-52-34-18-10-9-17-33(32)34)56-44(63)37(25-31-15-7-4-8-16-31)57-46(65)40-20-12-22-59(40)47(39)66/h3,5-6,9-10,13-14,17-18,27,29,31,35-40,52H,4,7-8,11-12,15-16,19-26,28H2,1-2H3,(H,53,61)(H,54,60)(H,55,64)(H,56,63)(H,57,65)(H,58,62)(H4,49,50,51)/t35-,36-,37+,38-,39?,40?/m0/s1. The molecule has 1 aliphatic carbocycles. The van der Waals surface area contributed by atoms with Crippen molar-refractivity contribution in [3.8, 4) is 0 Å². The average molecular weight is 910 g/mol. The monoisotopic (exact) mass is 910 g/mol. The number of aliphatic imine (C=N–C) groups is 1. The van der Waals surface area contributed by atoms with Gasteiger partial charge in [0.15, 0.2) is 5.96 Å². The fourth-order valence-electron chi connectivity index (χ4n) is 9.29. The highest BCUT2D eigenvalue weighted by molar-refractivity contribution is 5.98. The number of nitrogens with two attached hydrogens (primary N) is 2. The lowest BCUT2D eigenvalue weighted by Gasteiger charge is -2.33. The number of guanidine groups is 1. The number of carbonyl (C=O) groups is 7. The summed E-state index contributed by atoms with van der Waals surface area (Å²) in [5.74, 6) is -4.01. The Kier molecular flexibility index (Phi) is 17.5. The van der Waals surface area contributed by atoms with Crippen molar-refractivity contribution in [3.63, 3.8) is 0 Å².